The highest BCUT2D eigenvalue weighted by molar-refractivity contribution is 5.76. The first-order valence-corrected chi connectivity index (χ1v) is 11.5. The van der Waals surface area contributed by atoms with Crippen molar-refractivity contribution in [1.82, 2.24) is 19.5 Å². The zero-order valence-corrected chi connectivity index (χ0v) is 17.9. The third kappa shape index (κ3) is 5.09. The smallest absolute Gasteiger partial charge is 0.224 e. The fourth-order valence-electron chi connectivity index (χ4n) is 4.80. The van der Waals surface area contributed by atoms with Crippen LogP contribution in [0, 0.1) is 5.82 Å². The number of imidazole rings is 1. The summed E-state index contributed by atoms with van der Waals surface area (Å²) in [5.41, 5.74) is 1.69. The van der Waals surface area contributed by atoms with E-state index in [0.717, 1.165) is 38.5 Å². The quantitative estimate of drug-likeness (QED) is 0.446. The molecule has 2 saturated carbocycles. The van der Waals surface area contributed by atoms with E-state index in [1.54, 1.807) is 24.4 Å². The second-order valence-electron chi connectivity index (χ2n) is 8.92. The number of nitrogens with zero attached hydrogens (tertiary/aromatic N) is 4. The van der Waals surface area contributed by atoms with Crippen LogP contribution in [0.4, 0.5) is 22.0 Å². The summed E-state index contributed by atoms with van der Waals surface area (Å²) in [5, 5.41) is 26.3. The maximum absolute atomic E-state index is 14.3. The molecular weight excluding hydrogens is 423 g/mol. The first-order valence-electron chi connectivity index (χ1n) is 11.5. The van der Waals surface area contributed by atoms with Gasteiger partial charge in [-0.3, -0.25) is 4.57 Å². The van der Waals surface area contributed by atoms with Crippen LogP contribution in [-0.4, -0.2) is 48.0 Å². The number of para-hydroxylation sites is 1. The minimum absolute atomic E-state index is 0. The molecule has 178 valence electrons. The van der Waals surface area contributed by atoms with E-state index in [4.69, 9.17) is 4.98 Å². The summed E-state index contributed by atoms with van der Waals surface area (Å²) in [6.45, 7) is 0. The molecule has 2 aliphatic carbocycles. The molecule has 2 heterocycles. The summed E-state index contributed by atoms with van der Waals surface area (Å²) in [6.07, 6.45) is 7.53. The molecule has 5 rings (SSSR count). The van der Waals surface area contributed by atoms with Crippen LogP contribution in [-0.2, 0) is 0 Å². The Morgan fingerprint density at radius 2 is 1.58 bits per heavy atom. The number of anilines is 3. The molecule has 0 bridgehead atoms. The van der Waals surface area contributed by atoms with E-state index in [9.17, 15) is 14.6 Å². The van der Waals surface area contributed by atoms with Crippen molar-refractivity contribution in [2.24, 2.45) is 0 Å². The lowest BCUT2D eigenvalue weighted by molar-refractivity contribution is 0.112. The van der Waals surface area contributed by atoms with Gasteiger partial charge in [0.25, 0.3) is 0 Å². The van der Waals surface area contributed by atoms with Crippen LogP contribution in [0.2, 0.25) is 0 Å². The van der Waals surface area contributed by atoms with Gasteiger partial charge in [-0.15, -0.1) is 0 Å². The van der Waals surface area contributed by atoms with Gasteiger partial charge in [-0.25, -0.2) is 14.4 Å². The number of hydrogen-bond donors (Lipinski definition) is 4. The van der Waals surface area contributed by atoms with Gasteiger partial charge in [-0.1, -0.05) is 19.6 Å². The van der Waals surface area contributed by atoms with Crippen LogP contribution in [0.5, 0.6) is 0 Å². The van der Waals surface area contributed by atoms with Gasteiger partial charge in [-0.05, 0) is 63.5 Å². The molecule has 0 radical (unpaired) electrons. The summed E-state index contributed by atoms with van der Waals surface area (Å²) in [4.78, 5) is 13.9. The van der Waals surface area contributed by atoms with Crippen LogP contribution in [0.25, 0.3) is 11.2 Å². The van der Waals surface area contributed by atoms with Crippen LogP contribution < -0.4 is 10.6 Å². The highest BCUT2D eigenvalue weighted by Gasteiger charge is 2.27. The first-order chi connectivity index (χ1) is 15.6. The Balaban J connectivity index is 0.00000259. The van der Waals surface area contributed by atoms with Gasteiger partial charge < -0.3 is 20.8 Å². The van der Waals surface area contributed by atoms with Crippen LogP contribution in [0.1, 0.15) is 64.8 Å². The number of hydrogen-bond acceptors (Lipinski definition) is 7. The number of aliphatic hydroxyl groups excluding tert-OH is 2. The molecule has 2 aromatic heterocycles. The number of aliphatic hydroxyl groups is 2. The van der Waals surface area contributed by atoms with Crippen molar-refractivity contribution in [1.29, 1.82) is 0 Å². The van der Waals surface area contributed by atoms with Gasteiger partial charge in [0, 0.05) is 12.1 Å². The van der Waals surface area contributed by atoms with E-state index in [0.29, 0.717) is 41.6 Å². The van der Waals surface area contributed by atoms with Crippen molar-refractivity contribution < 1.29 is 14.6 Å². The van der Waals surface area contributed by atoms with Crippen LogP contribution >= 0.6 is 0 Å². The second-order valence-corrected chi connectivity index (χ2v) is 8.92. The minimum atomic E-state index is -0.349. The molecule has 0 saturated heterocycles. The van der Waals surface area contributed by atoms with E-state index >= 15 is 0 Å². The molecule has 0 atom stereocenters. The average molecular weight is 457 g/mol. The molecule has 0 spiro atoms. The lowest BCUT2D eigenvalue weighted by atomic mass is 9.93. The predicted molar refractivity (Wildman–Crippen MR) is 127 cm³/mol. The van der Waals surface area contributed by atoms with Gasteiger partial charge in [0.15, 0.2) is 5.65 Å². The number of benzene rings is 1. The first kappa shape index (κ1) is 23.4. The van der Waals surface area contributed by atoms with Crippen molar-refractivity contribution in [3.05, 3.63) is 36.3 Å². The fraction of sp³-hybridized carbons (Fsp3) is 0.542. The molecular formula is C24H33FN6O2. The number of rotatable bonds is 5. The molecule has 1 aromatic carbocycles. The standard InChI is InChI=1S/C23H29FN6O2.CH4/c24-18-3-1-2-4-19(18)27-23-28-20-13-25-22(26-14-5-9-16(31)10-6-14)29-21(20)30(23)15-7-11-17(32)12-8-15;/h1-4,13-17,31-32H,5-12H2,(H,27,28)(H,25,26,29);1H4. The monoisotopic (exact) mass is 456 g/mol. The van der Waals surface area contributed by atoms with E-state index in [1.165, 1.54) is 6.07 Å². The number of fused-ring (bicyclic) bond motifs is 1. The Morgan fingerprint density at radius 1 is 0.909 bits per heavy atom. The lowest BCUT2D eigenvalue weighted by Gasteiger charge is -2.28. The van der Waals surface area contributed by atoms with E-state index in [-0.39, 0.29) is 37.5 Å². The maximum Gasteiger partial charge on any atom is 0.224 e. The Bertz CT molecular complexity index is 1070. The van der Waals surface area contributed by atoms with Crippen molar-refractivity contribution >= 4 is 28.7 Å². The van der Waals surface area contributed by atoms with Crippen LogP contribution in [0.3, 0.4) is 0 Å². The summed E-state index contributed by atoms with van der Waals surface area (Å²) in [6, 6.07) is 6.85. The third-order valence-electron chi connectivity index (χ3n) is 6.61. The molecule has 33 heavy (non-hydrogen) atoms. The molecule has 2 fully saturated rings. The molecule has 8 nitrogen and oxygen atoms in total. The molecule has 3 aromatic rings. The lowest BCUT2D eigenvalue weighted by Crippen LogP contribution is -2.29. The molecule has 0 aliphatic heterocycles. The Kier molecular flexibility index (Phi) is 7.09. The largest absolute Gasteiger partial charge is 0.393 e. The maximum atomic E-state index is 14.3. The molecule has 0 unspecified atom stereocenters. The zero-order chi connectivity index (χ0) is 22.1. The molecule has 9 heteroatoms. The van der Waals surface area contributed by atoms with Gasteiger partial charge in [0.2, 0.25) is 11.9 Å². The summed E-state index contributed by atoms with van der Waals surface area (Å²) in [5.74, 6) is 0.713. The van der Waals surface area contributed by atoms with Gasteiger partial charge in [-0.2, -0.15) is 4.98 Å². The second kappa shape index (κ2) is 10.0. The predicted octanol–water partition coefficient (Wildman–Crippen LogP) is 4.54. The van der Waals surface area contributed by atoms with Crippen molar-refractivity contribution in [3.8, 4) is 0 Å². The SMILES string of the molecule is C.OC1CCC(Nc2ncc3nc(Nc4ccccc4F)n(C4CCC(O)CC4)c3n2)CC1. The minimum Gasteiger partial charge on any atom is -0.393 e. The summed E-state index contributed by atoms with van der Waals surface area (Å²) in [7, 11) is 0. The number of halogens is 1. The van der Waals surface area contributed by atoms with Crippen molar-refractivity contribution in [2.75, 3.05) is 10.6 Å². The number of aromatic nitrogens is 4. The van der Waals surface area contributed by atoms with E-state index < -0.39 is 0 Å². The summed E-state index contributed by atoms with van der Waals surface area (Å²) >= 11 is 0. The third-order valence-corrected chi connectivity index (χ3v) is 6.61. The topological polar surface area (TPSA) is 108 Å². The Morgan fingerprint density at radius 3 is 2.27 bits per heavy atom. The van der Waals surface area contributed by atoms with Gasteiger partial charge in [0.05, 0.1) is 24.1 Å². The average Bonchev–Trinajstić information content (AvgIpc) is 3.15. The molecule has 2 aliphatic rings. The van der Waals surface area contributed by atoms with Crippen molar-refractivity contribution in [2.45, 2.75) is 83.1 Å². The van der Waals surface area contributed by atoms with E-state index in [2.05, 4.69) is 20.6 Å². The normalized spacial score (nSPS) is 25.4. The fourth-order valence-corrected chi connectivity index (χ4v) is 4.80. The molecule has 4 N–H and O–H groups in total. The zero-order valence-electron chi connectivity index (χ0n) is 17.9. The highest BCUT2D eigenvalue weighted by Crippen LogP contribution is 2.35. The molecule has 0 amide bonds. The Labute approximate surface area is 193 Å². The number of nitrogens with one attached hydrogen (secondary N) is 2. The van der Waals surface area contributed by atoms with Gasteiger partial charge in [0.1, 0.15) is 11.3 Å². The van der Waals surface area contributed by atoms with Crippen molar-refractivity contribution in [3.63, 3.8) is 0 Å². The summed E-state index contributed by atoms with van der Waals surface area (Å²) < 4.78 is 16.4. The van der Waals surface area contributed by atoms with E-state index in [1.807, 2.05) is 4.57 Å². The highest BCUT2D eigenvalue weighted by atomic mass is 19.1. The Hall–Kier alpha value is -2.78. The van der Waals surface area contributed by atoms with Crippen LogP contribution in [0.15, 0.2) is 30.5 Å². The van der Waals surface area contributed by atoms with Gasteiger partial charge >= 0.3 is 0 Å².